The number of anilines is 1. The Balaban J connectivity index is 1.32. The number of nitrogens with one attached hydrogen (secondary N) is 1. The summed E-state index contributed by atoms with van der Waals surface area (Å²) in [5, 5.41) is 3.70. The van der Waals surface area contributed by atoms with E-state index in [9.17, 15) is 26.4 Å². The zero-order valence-corrected chi connectivity index (χ0v) is 22.1. The molecule has 1 saturated heterocycles. The summed E-state index contributed by atoms with van der Waals surface area (Å²) in [5.41, 5.74) is 2.74. The van der Waals surface area contributed by atoms with Gasteiger partial charge in [-0.25, -0.2) is 8.42 Å². The van der Waals surface area contributed by atoms with Crippen LogP contribution in [0.3, 0.4) is 0 Å². The summed E-state index contributed by atoms with van der Waals surface area (Å²) in [6, 6.07) is 19.3. The SMILES string of the molecule is CC(=O)Nc1ccc(S(=O)(=O)N2CCC(c3cn(Cc4ccc(C(F)(F)F)cc4)c4ccccc34)CC2)cc1. The molecule has 5 rings (SSSR count). The summed E-state index contributed by atoms with van der Waals surface area (Å²) in [7, 11) is -3.67. The molecule has 0 spiro atoms. The van der Waals surface area contributed by atoms with Crippen molar-refractivity contribution in [1.82, 2.24) is 8.87 Å². The molecule has 2 heterocycles. The Kier molecular flexibility index (Phi) is 7.26. The summed E-state index contributed by atoms with van der Waals surface area (Å²) in [5.74, 6) is -0.0780. The van der Waals surface area contributed by atoms with E-state index in [4.69, 9.17) is 0 Å². The van der Waals surface area contributed by atoms with E-state index in [1.54, 1.807) is 12.1 Å². The molecule has 4 aromatic rings. The minimum absolute atomic E-state index is 0.150. The Hall–Kier alpha value is -3.63. The van der Waals surface area contributed by atoms with Crippen LogP contribution in [0.2, 0.25) is 0 Å². The van der Waals surface area contributed by atoms with Crippen LogP contribution in [0.1, 0.15) is 42.4 Å². The van der Waals surface area contributed by atoms with E-state index in [0.29, 0.717) is 38.2 Å². The Labute approximate surface area is 225 Å². The van der Waals surface area contributed by atoms with Crippen molar-refractivity contribution >= 4 is 32.5 Å². The molecule has 6 nitrogen and oxygen atoms in total. The predicted molar refractivity (Wildman–Crippen MR) is 144 cm³/mol. The van der Waals surface area contributed by atoms with Crippen molar-refractivity contribution in [3.8, 4) is 0 Å². The number of nitrogens with zero attached hydrogens (tertiary/aromatic N) is 2. The van der Waals surface area contributed by atoms with E-state index in [-0.39, 0.29) is 16.7 Å². The van der Waals surface area contributed by atoms with Crippen LogP contribution in [0, 0.1) is 0 Å². The number of rotatable bonds is 6. The molecule has 10 heteroatoms. The van der Waals surface area contributed by atoms with Gasteiger partial charge in [0.2, 0.25) is 15.9 Å². The van der Waals surface area contributed by atoms with Crippen molar-refractivity contribution in [2.75, 3.05) is 18.4 Å². The van der Waals surface area contributed by atoms with Crippen molar-refractivity contribution in [2.45, 2.75) is 43.3 Å². The van der Waals surface area contributed by atoms with Gasteiger partial charge in [0.1, 0.15) is 0 Å². The van der Waals surface area contributed by atoms with E-state index in [2.05, 4.69) is 11.5 Å². The Morgan fingerprint density at radius 2 is 1.59 bits per heavy atom. The summed E-state index contributed by atoms with van der Waals surface area (Å²) < 4.78 is 68.9. The first-order valence-electron chi connectivity index (χ1n) is 12.6. The first kappa shape index (κ1) is 27.0. The van der Waals surface area contributed by atoms with E-state index >= 15 is 0 Å². The van der Waals surface area contributed by atoms with Crippen LogP contribution in [-0.2, 0) is 27.5 Å². The first-order chi connectivity index (χ1) is 18.5. The number of piperidine rings is 1. The van der Waals surface area contributed by atoms with Crippen molar-refractivity contribution in [2.24, 2.45) is 0 Å². The van der Waals surface area contributed by atoms with Crippen LogP contribution in [0.15, 0.2) is 83.9 Å². The van der Waals surface area contributed by atoms with Crippen molar-refractivity contribution < 1.29 is 26.4 Å². The van der Waals surface area contributed by atoms with Crippen molar-refractivity contribution in [3.05, 3.63) is 95.7 Å². The average Bonchev–Trinajstić information content (AvgIpc) is 3.27. The molecule has 3 aromatic carbocycles. The number of fused-ring (bicyclic) bond motifs is 1. The lowest BCUT2D eigenvalue weighted by atomic mass is 9.90. The second-order valence-corrected chi connectivity index (χ2v) is 11.7. The molecule has 0 radical (unpaired) electrons. The lowest BCUT2D eigenvalue weighted by molar-refractivity contribution is -0.137. The number of halogens is 3. The number of sulfonamides is 1. The molecular formula is C29H28F3N3O3S. The average molecular weight is 556 g/mol. The maximum Gasteiger partial charge on any atom is 0.416 e. The predicted octanol–water partition coefficient (Wildman–Crippen LogP) is 6.24. The number of carbonyl (C=O) groups excluding carboxylic acids is 1. The molecule has 0 saturated carbocycles. The van der Waals surface area contributed by atoms with E-state index in [0.717, 1.165) is 34.2 Å². The third-order valence-electron chi connectivity index (χ3n) is 7.16. The molecule has 0 atom stereocenters. The highest BCUT2D eigenvalue weighted by Crippen LogP contribution is 2.36. The molecule has 204 valence electrons. The second-order valence-electron chi connectivity index (χ2n) is 9.81. The van der Waals surface area contributed by atoms with Crippen molar-refractivity contribution in [3.63, 3.8) is 0 Å². The van der Waals surface area contributed by atoms with Gasteiger partial charge in [-0.05, 0) is 72.4 Å². The number of hydrogen-bond donors (Lipinski definition) is 1. The largest absolute Gasteiger partial charge is 0.416 e. The van der Waals surface area contributed by atoms with Crippen LogP contribution in [0.5, 0.6) is 0 Å². The molecule has 1 aromatic heterocycles. The fourth-order valence-corrected chi connectivity index (χ4v) is 6.67. The highest BCUT2D eigenvalue weighted by atomic mass is 32.2. The third-order valence-corrected chi connectivity index (χ3v) is 9.07. The molecule has 0 unspecified atom stereocenters. The molecule has 1 aliphatic heterocycles. The second kappa shape index (κ2) is 10.5. The molecule has 0 bridgehead atoms. The summed E-state index contributed by atoms with van der Waals surface area (Å²) in [6.07, 6.45) is -1.02. The van der Waals surface area contributed by atoms with Crippen LogP contribution in [-0.4, -0.2) is 36.3 Å². The summed E-state index contributed by atoms with van der Waals surface area (Å²) >= 11 is 0. The van der Waals surface area contributed by atoms with Gasteiger partial charge >= 0.3 is 6.18 Å². The van der Waals surface area contributed by atoms with Gasteiger partial charge in [0.15, 0.2) is 0 Å². The van der Waals surface area contributed by atoms with E-state index in [1.165, 1.54) is 35.5 Å². The van der Waals surface area contributed by atoms with Gasteiger partial charge in [-0.3, -0.25) is 4.79 Å². The number of para-hydroxylation sites is 1. The first-order valence-corrected chi connectivity index (χ1v) is 14.1. The smallest absolute Gasteiger partial charge is 0.343 e. The maximum absolute atomic E-state index is 13.2. The fraction of sp³-hybridized carbons (Fsp3) is 0.276. The number of aromatic nitrogens is 1. The van der Waals surface area contributed by atoms with Gasteiger partial charge in [-0.15, -0.1) is 0 Å². The third kappa shape index (κ3) is 5.72. The molecule has 0 aliphatic carbocycles. The summed E-state index contributed by atoms with van der Waals surface area (Å²) in [4.78, 5) is 11.4. The monoisotopic (exact) mass is 555 g/mol. The van der Waals surface area contributed by atoms with E-state index < -0.39 is 21.8 Å². The van der Waals surface area contributed by atoms with Gasteiger partial charge in [0.05, 0.1) is 10.5 Å². The van der Waals surface area contributed by atoms with E-state index in [1.807, 2.05) is 28.8 Å². The van der Waals surface area contributed by atoms with Crippen LogP contribution < -0.4 is 5.32 Å². The van der Waals surface area contributed by atoms with Gasteiger partial charge in [-0.2, -0.15) is 17.5 Å². The zero-order valence-electron chi connectivity index (χ0n) is 21.3. The molecule has 39 heavy (non-hydrogen) atoms. The highest BCUT2D eigenvalue weighted by Gasteiger charge is 2.32. The van der Waals surface area contributed by atoms with Gasteiger partial charge in [0.25, 0.3) is 0 Å². The molecule has 1 N–H and O–H groups in total. The lowest BCUT2D eigenvalue weighted by Gasteiger charge is -2.31. The van der Waals surface area contributed by atoms with Gasteiger partial charge in [-0.1, -0.05) is 30.3 Å². The van der Waals surface area contributed by atoms with Gasteiger partial charge in [0, 0.05) is 49.3 Å². The van der Waals surface area contributed by atoms with Crippen LogP contribution in [0.25, 0.3) is 10.9 Å². The minimum atomic E-state index is -4.37. The number of alkyl halides is 3. The number of amides is 1. The zero-order chi connectivity index (χ0) is 27.8. The van der Waals surface area contributed by atoms with Crippen LogP contribution in [0.4, 0.5) is 18.9 Å². The molecule has 1 aliphatic rings. The quantitative estimate of drug-likeness (QED) is 0.306. The molecule has 1 fully saturated rings. The Bertz CT molecular complexity index is 1590. The number of hydrogen-bond acceptors (Lipinski definition) is 3. The lowest BCUT2D eigenvalue weighted by Crippen LogP contribution is -2.37. The Morgan fingerprint density at radius 3 is 2.21 bits per heavy atom. The standard InChI is InChI=1S/C29H28F3N3O3S/c1-20(36)33-24-10-12-25(13-11-24)39(37,38)35-16-14-22(15-17-35)27-19-34(28-5-3-2-4-26(27)28)18-21-6-8-23(9-7-21)29(30,31)32/h2-13,19,22H,14-18H2,1H3,(H,33,36). The van der Waals surface area contributed by atoms with Crippen LogP contribution >= 0.6 is 0 Å². The topological polar surface area (TPSA) is 71.4 Å². The number of benzene rings is 3. The maximum atomic E-state index is 13.2. The summed E-state index contributed by atoms with van der Waals surface area (Å²) in [6.45, 7) is 2.57. The minimum Gasteiger partial charge on any atom is -0.343 e. The Morgan fingerprint density at radius 1 is 0.949 bits per heavy atom. The molecule has 1 amide bonds. The fourth-order valence-electron chi connectivity index (χ4n) is 5.20. The number of carbonyl (C=O) groups is 1. The molecular weight excluding hydrogens is 527 g/mol. The van der Waals surface area contributed by atoms with Crippen molar-refractivity contribution in [1.29, 1.82) is 0 Å². The van der Waals surface area contributed by atoms with Gasteiger partial charge < -0.3 is 9.88 Å². The normalized spacial score (nSPS) is 15.5. The highest BCUT2D eigenvalue weighted by molar-refractivity contribution is 7.89.